The fourth-order valence-corrected chi connectivity index (χ4v) is 1.83. The van der Waals surface area contributed by atoms with Crippen molar-refractivity contribution in [1.82, 2.24) is 0 Å². The van der Waals surface area contributed by atoms with Crippen molar-refractivity contribution >= 4 is 0 Å². The van der Waals surface area contributed by atoms with E-state index in [0.717, 1.165) is 12.8 Å². The van der Waals surface area contributed by atoms with E-state index >= 15 is 0 Å². The van der Waals surface area contributed by atoms with Crippen molar-refractivity contribution < 1.29 is 36.4 Å². The summed E-state index contributed by atoms with van der Waals surface area (Å²) in [4.78, 5) is 0. The Bertz CT molecular complexity index is 119. The van der Waals surface area contributed by atoms with E-state index in [1.165, 1.54) is 38.5 Å². The Morgan fingerprint density at radius 3 is 1.16 bits per heavy atom. The van der Waals surface area contributed by atoms with Crippen LogP contribution in [0.25, 0.3) is 0 Å². The molecule has 0 saturated carbocycles. The molecule has 19 heavy (non-hydrogen) atoms. The van der Waals surface area contributed by atoms with Crippen LogP contribution in [-0.4, -0.2) is 23.4 Å². The second-order valence-electron chi connectivity index (χ2n) is 5.20. The number of aliphatic hydroxyl groups excluding tert-OH is 2. The van der Waals surface area contributed by atoms with Crippen LogP contribution >= 0.6 is 0 Å². The SMILES string of the molecule is CCCCC(CC)CO.CCCCC(CC)CO.[Zr]. The fourth-order valence-electron chi connectivity index (χ4n) is 1.83. The molecule has 0 radical (unpaired) electrons. The minimum Gasteiger partial charge on any atom is -0.396 e. The molecule has 0 aliphatic carbocycles. The molecule has 0 heterocycles. The van der Waals surface area contributed by atoms with Crippen LogP contribution in [0.5, 0.6) is 0 Å². The summed E-state index contributed by atoms with van der Waals surface area (Å²) in [7, 11) is 0. The van der Waals surface area contributed by atoms with Crippen LogP contribution in [0.2, 0.25) is 0 Å². The molecule has 116 valence electrons. The zero-order chi connectivity index (χ0) is 14.2. The second kappa shape index (κ2) is 21.1. The van der Waals surface area contributed by atoms with E-state index in [1.807, 2.05) is 0 Å². The summed E-state index contributed by atoms with van der Waals surface area (Å²) in [5, 5.41) is 17.5. The summed E-state index contributed by atoms with van der Waals surface area (Å²) < 4.78 is 0. The summed E-state index contributed by atoms with van der Waals surface area (Å²) in [6.45, 7) is 9.38. The number of aliphatic hydroxyl groups is 2. The summed E-state index contributed by atoms with van der Waals surface area (Å²) >= 11 is 0. The van der Waals surface area contributed by atoms with E-state index in [-0.39, 0.29) is 26.2 Å². The van der Waals surface area contributed by atoms with E-state index in [2.05, 4.69) is 27.7 Å². The van der Waals surface area contributed by atoms with E-state index in [0.29, 0.717) is 25.0 Å². The molecule has 0 saturated heterocycles. The maximum absolute atomic E-state index is 8.75. The van der Waals surface area contributed by atoms with Gasteiger partial charge >= 0.3 is 0 Å². The molecule has 0 aromatic rings. The van der Waals surface area contributed by atoms with Crippen molar-refractivity contribution in [2.75, 3.05) is 13.2 Å². The van der Waals surface area contributed by atoms with Crippen LogP contribution < -0.4 is 0 Å². The molecule has 0 aromatic carbocycles. The Labute approximate surface area is 140 Å². The van der Waals surface area contributed by atoms with E-state index in [1.54, 1.807) is 0 Å². The Morgan fingerprint density at radius 2 is 1.00 bits per heavy atom. The van der Waals surface area contributed by atoms with Crippen molar-refractivity contribution in [3.05, 3.63) is 0 Å². The second-order valence-corrected chi connectivity index (χ2v) is 5.20. The van der Waals surface area contributed by atoms with Gasteiger partial charge in [0, 0.05) is 39.4 Å². The van der Waals surface area contributed by atoms with Crippen LogP contribution in [0.1, 0.15) is 79.1 Å². The molecule has 0 bridgehead atoms. The smallest absolute Gasteiger partial charge is 0.0459 e. The molecule has 0 aliphatic heterocycles. The number of unbranched alkanes of at least 4 members (excludes halogenated alkanes) is 2. The first-order valence-electron chi connectivity index (χ1n) is 7.91. The van der Waals surface area contributed by atoms with Crippen molar-refractivity contribution in [3.8, 4) is 0 Å². The Hall–Kier alpha value is 0.803. The normalized spacial score (nSPS) is 12.9. The first kappa shape index (κ1) is 24.8. The molecule has 2 nitrogen and oxygen atoms in total. The van der Waals surface area contributed by atoms with Gasteiger partial charge in [-0.05, 0) is 24.7 Å². The summed E-state index contributed by atoms with van der Waals surface area (Å²) in [5.74, 6) is 1.12. The summed E-state index contributed by atoms with van der Waals surface area (Å²) in [5.41, 5.74) is 0. The predicted octanol–water partition coefficient (Wildman–Crippen LogP) is 4.39. The van der Waals surface area contributed by atoms with E-state index in [9.17, 15) is 0 Å². The Kier molecular flexibility index (Phi) is 27.5. The molecule has 3 heteroatoms. The van der Waals surface area contributed by atoms with Gasteiger partial charge < -0.3 is 10.2 Å². The molecule has 2 N–H and O–H groups in total. The zero-order valence-corrected chi connectivity index (χ0v) is 16.1. The number of hydrogen-bond acceptors (Lipinski definition) is 2. The minimum atomic E-state index is 0. The van der Waals surface area contributed by atoms with Crippen LogP contribution in [0, 0.1) is 11.8 Å². The first-order valence-corrected chi connectivity index (χ1v) is 7.91. The van der Waals surface area contributed by atoms with Crippen molar-refractivity contribution in [2.45, 2.75) is 79.1 Å². The standard InChI is InChI=1S/2C8H18O.Zr/c2*1-3-5-6-8(4-2)7-9;/h2*8-9H,3-7H2,1-2H3;. The van der Waals surface area contributed by atoms with Gasteiger partial charge in [0.15, 0.2) is 0 Å². The maximum atomic E-state index is 8.75. The van der Waals surface area contributed by atoms with Gasteiger partial charge in [-0.2, -0.15) is 0 Å². The van der Waals surface area contributed by atoms with Crippen LogP contribution in [0.3, 0.4) is 0 Å². The van der Waals surface area contributed by atoms with Crippen LogP contribution in [-0.2, 0) is 26.2 Å². The monoisotopic (exact) mass is 350 g/mol. The third-order valence-corrected chi connectivity index (χ3v) is 3.60. The largest absolute Gasteiger partial charge is 0.396 e. The number of rotatable bonds is 10. The van der Waals surface area contributed by atoms with E-state index in [4.69, 9.17) is 10.2 Å². The van der Waals surface area contributed by atoms with Gasteiger partial charge in [0.25, 0.3) is 0 Å². The van der Waals surface area contributed by atoms with E-state index < -0.39 is 0 Å². The molecule has 0 fully saturated rings. The third kappa shape index (κ3) is 18.8. The molecular formula is C16H36O2Zr. The molecule has 2 unspecified atom stereocenters. The fraction of sp³-hybridized carbons (Fsp3) is 1.00. The zero-order valence-electron chi connectivity index (χ0n) is 13.6. The van der Waals surface area contributed by atoms with Crippen LogP contribution in [0.15, 0.2) is 0 Å². The predicted molar refractivity (Wildman–Crippen MR) is 80.8 cm³/mol. The van der Waals surface area contributed by atoms with Crippen molar-refractivity contribution in [2.24, 2.45) is 11.8 Å². The minimum absolute atomic E-state index is 0. The average molecular weight is 352 g/mol. The quantitative estimate of drug-likeness (QED) is 0.613. The topological polar surface area (TPSA) is 40.5 Å². The maximum Gasteiger partial charge on any atom is 0.0459 e. The van der Waals surface area contributed by atoms with Crippen LogP contribution in [0.4, 0.5) is 0 Å². The van der Waals surface area contributed by atoms with Crippen molar-refractivity contribution in [1.29, 1.82) is 0 Å². The Morgan fingerprint density at radius 1 is 0.684 bits per heavy atom. The van der Waals surface area contributed by atoms with Gasteiger partial charge in [-0.15, -0.1) is 0 Å². The first-order chi connectivity index (χ1) is 8.69. The van der Waals surface area contributed by atoms with Gasteiger partial charge in [-0.3, -0.25) is 0 Å². The summed E-state index contributed by atoms with van der Waals surface area (Å²) in [6, 6.07) is 0. The molecule has 0 aromatic heterocycles. The average Bonchev–Trinajstić information content (AvgIpc) is 2.42. The molecule has 2 atom stereocenters. The molecular weight excluding hydrogens is 315 g/mol. The van der Waals surface area contributed by atoms with Gasteiger partial charge in [0.1, 0.15) is 0 Å². The van der Waals surface area contributed by atoms with Gasteiger partial charge in [0.05, 0.1) is 0 Å². The third-order valence-electron chi connectivity index (χ3n) is 3.60. The van der Waals surface area contributed by atoms with Gasteiger partial charge in [0.2, 0.25) is 0 Å². The molecule has 0 aliphatic rings. The van der Waals surface area contributed by atoms with Gasteiger partial charge in [-0.25, -0.2) is 0 Å². The molecule has 0 spiro atoms. The molecule has 0 amide bonds. The number of hydrogen-bond donors (Lipinski definition) is 2. The van der Waals surface area contributed by atoms with Crippen molar-refractivity contribution in [3.63, 3.8) is 0 Å². The van der Waals surface area contributed by atoms with Gasteiger partial charge in [-0.1, -0.05) is 66.2 Å². The Balaban J connectivity index is -0.000000256. The summed E-state index contributed by atoms with van der Waals surface area (Å²) in [6.07, 6.45) is 9.66. The molecule has 0 rings (SSSR count).